The Kier molecular flexibility index (Phi) is 5.31. The summed E-state index contributed by atoms with van der Waals surface area (Å²) in [6.07, 6.45) is 0. The summed E-state index contributed by atoms with van der Waals surface area (Å²) in [6, 6.07) is 13.6. The molecular weight excluding hydrogens is 412 g/mol. The Hall–Kier alpha value is -3.90. The van der Waals surface area contributed by atoms with E-state index >= 15 is 0 Å². The highest BCUT2D eigenvalue weighted by molar-refractivity contribution is 7.19. The fourth-order valence-corrected chi connectivity index (χ4v) is 4.40. The lowest BCUT2D eigenvalue weighted by atomic mass is 10.1. The van der Waals surface area contributed by atoms with Gasteiger partial charge in [-0.05, 0) is 39.0 Å². The molecule has 3 N–H and O–H groups in total. The molecule has 0 unspecified atom stereocenters. The number of para-hydroxylation sites is 1. The van der Waals surface area contributed by atoms with Gasteiger partial charge in [-0.15, -0.1) is 11.3 Å². The van der Waals surface area contributed by atoms with Crippen LogP contribution in [0.3, 0.4) is 0 Å². The number of nitrogen functional groups attached to an aromatic ring is 1. The summed E-state index contributed by atoms with van der Waals surface area (Å²) in [5, 5.41) is 18.5. The summed E-state index contributed by atoms with van der Waals surface area (Å²) in [5.41, 5.74) is 10.7. The molecule has 0 saturated heterocycles. The van der Waals surface area contributed by atoms with Gasteiger partial charge in [0.05, 0.1) is 17.9 Å². The lowest BCUT2D eigenvalue weighted by Gasteiger charge is -2.06. The summed E-state index contributed by atoms with van der Waals surface area (Å²) < 4.78 is 6.79. The molecule has 3 heterocycles. The van der Waals surface area contributed by atoms with Gasteiger partial charge in [0.2, 0.25) is 0 Å². The second kappa shape index (κ2) is 8.08. The van der Waals surface area contributed by atoms with E-state index in [1.54, 1.807) is 11.4 Å². The van der Waals surface area contributed by atoms with Crippen molar-refractivity contribution in [3.05, 3.63) is 58.2 Å². The predicted molar refractivity (Wildman–Crippen MR) is 121 cm³/mol. The van der Waals surface area contributed by atoms with E-state index in [0.29, 0.717) is 27.5 Å². The molecule has 0 aliphatic rings. The molecule has 0 aliphatic heterocycles. The zero-order valence-corrected chi connectivity index (χ0v) is 18.1. The fraction of sp³-hybridized carbons (Fsp3) is 0.182. The van der Waals surface area contributed by atoms with Crippen LogP contribution in [-0.4, -0.2) is 27.2 Å². The number of anilines is 3. The molecule has 9 heteroatoms. The second-order valence-electron chi connectivity index (χ2n) is 6.87. The maximum Gasteiger partial charge on any atom is 0.350 e. The van der Waals surface area contributed by atoms with E-state index in [1.165, 1.54) is 11.3 Å². The van der Waals surface area contributed by atoms with E-state index in [1.807, 2.05) is 50.2 Å². The molecule has 0 spiro atoms. The minimum atomic E-state index is -0.514. The van der Waals surface area contributed by atoms with Gasteiger partial charge >= 0.3 is 5.97 Å². The SMILES string of the molecule is CCOC(=O)c1sc(Nc2ccccc2)c(-c2nn3c(C)cc(C)nc3c2C#N)c1N. The maximum atomic E-state index is 12.5. The number of aromatic nitrogens is 3. The highest BCUT2D eigenvalue weighted by atomic mass is 32.1. The number of carbonyl (C=O) groups excluding carboxylic acids is 1. The summed E-state index contributed by atoms with van der Waals surface area (Å²) in [7, 11) is 0. The molecule has 0 amide bonds. The number of benzene rings is 1. The van der Waals surface area contributed by atoms with Crippen LogP contribution in [0.25, 0.3) is 16.9 Å². The van der Waals surface area contributed by atoms with Gasteiger partial charge in [0, 0.05) is 17.1 Å². The number of ether oxygens (including phenoxy) is 1. The fourth-order valence-electron chi connectivity index (χ4n) is 3.37. The van der Waals surface area contributed by atoms with E-state index in [0.717, 1.165) is 17.1 Å². The van der Waals surface area contributed by atoms with Crippen LogP contribution in [0.4, 0.5) is 16.4 Å². The third-order valence-corrected chi connectivity index (χ3v) is 5.78. The van der Waals surface area contributed by atoms with Gasteiger partial charge in [-0.25, -0.2) is 14.3 Å². The van der Waals surface area contributed by atoms with E-state index < -0.39 is 5.97 Å². The van der Waals surface area contributed by atoms with Crippen molar-refractivity contribution in [3.63, 3.8) is 0 Å². The standard InChI is InChI=1S/C22H20N6O2S/c1-4-30-22(29)19-17(24)16(21(31-19)26-14-8-6-5-7-9-14)18-15(11-23)20-25-12(2)10-13(3)28(20)27-18/h5-10,26H,4,24H2,1-3H3. The number of nitrogens with two attached hydrogens (primary N) is 1. The number of nitrogens with one attached hydrogen (secondary N) is 1. The molecule has 1 aromatic carbocycles. The van der Waals surface area contributed by atoms with Crippen molar-refractivity contribution in [3.8, 4) is 17.3 Å². The van der Waals surface area contributed by atoms with Crippen molar-refractivity contribution < 1.29 is 9.53 Å². The quantitative estimate of drug-likeness (QED) is 0.447. The average molecular weight is 433 g/mol. The van der Waals surface area contributed by atoms with E-state index in [9.17, 15) is 10.1 Å². The van der Waals surface area contributed by atoms with Gasteiger partial charge in [-0.2, -0.15) is 10.4 Å². The first-order valence-corrected chi connectivity index (χ1v) is 10.4. The van der Waals surface area contributed by atoms with Crippen molar-refractivity contribution in [1.29, 1.82) is 5.26 Å². The monoisotopic (exact) mass is 432 g/mol. The highest BCUT2D eigenvalue weighted by Gasteiger charge is 2.28. The lowest BCUT2D eigenvalue weighted by Crippen LogP contribution is -2.05. The molecule has 0 bridgehead atoms. The molecule has 0 radical (unpaired) electrons. The Labute approximate surface area is 182 Å². The molecule has 0 saturated carbocycles. The molecule has 0 atom stereocenters. The molecule has 0 aliphatic carbocycles. The number of hydrogen-bond donors (Lipinski definition) is 2. The van der Waals surface area contributed by atoms with Crippen LogP contribution in [0.2, 0.25) is 0 Å². The minimum absolute atomic E-state index is 0.219. The first kappa shape index (κ1) is 20.4. The third-order valence-electron chi connectivity index (χ3n) is 4.68. The van der Waals surface area contributed by atoms with Crippen LogP contribution in [-0.2, 0) is 4.74 Å². The molecule has 4 rings (SSSR count). The Morgan fingerprint density at radius 2 is 2.06 bits per heavy atom. The minimum Gasteiger partial charge on any atom is -0.462 e. The Bertz CT molecular complexity index is 1330. The van der Waals surface area contributed by atoms with Crippen molar-refractivity contribution in [2.24, 2.45) is 0 Å². The smallest absolute Gasteiger partial charge is 0.350 e. The molecule has 8 nitrogen and oxygen atoms in total. The topological polar surface area (TPSA) is 118 Å². The van der Waals surface area contributed by atoms with E-state index in [2.05, 4.69) is 21.5 Å². The first-order valence-electron chi connectivity index (χ1n) is 9.63. The van der Waals surface area contributed by atoms with Gasteiger partial charge < -0.3 is 15.8 Å². The van der Waals surface area contributed by atoms with Crippen LogP contribution < -0.4 is 11.1 Å². The third kappa shape index (κ3) is 3.58. The number of thiophene rings is 1. The van der Waals surface area contributed by atoms with Crippen LogP contribution in [0.15, 0.2) is 36.4 Å². The Morgan fingerprint density at radius 1 is 1.32 bits per heavy atom. The molecule has 4 aromatic rings. The van der Waals surface area contributed by atoms with Gasteiger partial charge in [0.1, 0.15) is 27.2 Å². The van der Waals surface area contributed by atoms with Crippen LogP contribution in [0.5, 0.6) is 0 Å². The molecule has 31 heavy (non-hydrogen) atoms. The number of nitriles is 1. The van der Waals surface area contributed by atoms with E-state index in [4.69, 9.17) is 10.5 Å². The maximum absolute atomic E-state index is 12.5. The molecule has 0 fully saturated rings. The molecule has 3 aromatic heterocycles. The number of rotatable bonds is 5. The number of carbonyl (C=O) groups is 1. The van der Waals surface area contributed by atoms with Crippen LogP contribution in [0.1, 0.15) is 33.5 Å². The number of nitrogens with zero attached hydrogens (tertiary/aromatic N) is 4. The van der Waals surface area contributed by atoms with Crippen molar-refractivity contribution in [1.82, 2.24) is 14.6 Å². The number of hydrogen-bond acceptors (Lipinski definition) is 8. The second-order valence-corrected chi connectivity index (χ2v) is 7.89. The number of fused-ring (bicyclic) bond motifs is 1. The molecule has 156 valence electrons. The summed E-state index contributed by atoms with van der Waals surface area (Å²) in [6.45, 7) is 5.72. The number of esters is 1. The van der Waals surface area contributed by atoms with Gasteiger partial charge in [0.25, 0.3) is 0 Å². The van der Waals surface area contributed by atoms with Crippen LogP contribution >= 0.6 is 11.3 Å². The first-order chi connectivity index (χ1) is 14.9. The summed E-state index contributed by atoms with van der Waals surface area (Å²) in [5.74, 6) is -0.514. The van der Waals surface area contributed by atoms with E-state index in [-0.39, 0.29) is 17.2 Å². The van der Waals surface area contributed by atoms with Crippen molar-refractivity contribution in [2.75, 3.05) is 17.7 Å². The van der Waals surface area contributed by atoms with Gasteiger partial charge in [0.15, 0.2) is 5.65 Å². The van der Waals surface area contributed by atoms with Crippen molar-refractivity contribution in [2.45, 2.75) is 20.8 Å². The highest BCUT2D eigenvalue weighted by Crippen LogP contribution is 2.45. The average Bonchev–Trinajstić information content (AvgIpc) is 3.26. The summed E-state index contributed by atoms with van der Waals surface area (Å²) in [4.78, 5) is 17.3. The van der Waals surface area contributed by atoms with Crippen LogP contribution in [0, 0.1) is 25.2 Å². The summed E-state index contributed by atoms with van der Waals surface area (Å²) >= 11 is 1.17. The van der Waals surface area contributed by atoms with Crippen molar-refractivity contribution >= 4 is 39.3 Å². The Balaban J connectivity index is 1.98. The zero-order valence-electron chi connectivity index (χ0n) is 17.3. The molecular formula is C22H20N6O2S. The van der Waals surface area contributed by atoms with Gasteiger partial charge in [-0.3, -0.25) is 0 Å². The Morgan fingerprint density at radius 3 is 2.74 bits per heavy atom. The zero-order chi connectivity index (χ0) is 22.1. The lowest BCUT2D eigenvalue weighted by molar-refractivity contribution is 0.0533. The largest absolute Gasteiger partial charge is 0.462 e. The van der Waals surface area contributed by atoms with Gasteiger partial charge in [-0.1, -0.05) is 18.2 Å². The predicted octanol–water partition coefficient (Wildman–Crippen LogP) is 4.45. The number of aryl methyl sites for hydroxylation is 2. The normalized spacial score (nSPS) is 10.8.